The summed E-state index contributed by atoms with van der Waals surface area (Å²) in [5, 5.41) is 9.47. The molecule has 1 atom stereocenters. The van der Waals surface area contributed by atoms with Crippen LogP contribution in [0.1, 0.15) is 30.3 Å². The van der Waals surface area contributed by atoms with Crippen molar-refractivity contribution in [2.24, 2.45) is 0 Å². The van der Waals surface area contributed by atoms with Crippen molar-refractivity contribution in [1.82, 2.24) is 20.5 Å². The number of rotatable bonds is 3. The minimum Gasteiger partial charge on any atom is -0.493 e. The van der Waals surface area contributed by atoms with E-state index in [0.29, 0.717) is 12.4 Å². The van der Waals surface area contributed by atoms with Gasteiger partial charge in [-0.25, -0.2) is 4.98 Å². The number of amides is 1. The molecule has 1 amide bonds. The lowest BCUT2D eigenvalue weighted by Crippen LogP contribution is -2.30. The normalized spacial score (nSPS) is 17.7. The molecule has 0 saturated heterocycles. The number of benzene rings is 1. The lowest BCUT2D eigenvalue weighted by atomic mass is 10.0. The van der Waals surface area contributed by atoms with Crippen LogP contribution in [-0.2, 0) is 11.2 Å². The average Bonchev–Trinajstić information content (AvgIpc) is 2.87. The molecule has 2 heterocycles. The maximum atomic E-state index is 12.1. The van der Waals surface area contributed by atoms with Crippen LogP contribution in [0.5, 0.6) is 5.75 Å². The van der Waals surface area contributed by atoms with E-state index in [1.54, 1.807) is 0 Å². The summed E-state index contributed by atoms with van der Waals surface area (Å²) in [7, 11) is 0. The molecule has 0 aliphatic carbocycles. The van der Waals surface area contributed by atoms with Crippen molar-refractivity contribution >= 4 is 5.91 Å². The number of aromatic amines is 1. The number of hydrogen-bond donors (Lipinski definition) is 2. The van der Waals surface area contributed by atoms with Crippen LogP contribution in [0.3, 0.4) is 0 Å². The van der Waals surface area contributed by atoms with Crippen molar-refractivity contribution < 1.29 is 9.53 Å². The highest BCUT2D eigenvalue weighted by atomic mass is 16.5. The number of aromatic nitrogens is 3. The first-order valence-electron chi connectivity index (χ1n) is 6.68. The molecule has 6 heteroatoms. The standard InChI is InChI=1S/C14H16N4O2/c19-14(8-13-15-9-16-18-13)17-11-5-3-7-20-12-6-2-1-4-10(11)12/h1-2,4,6,9,11H,3,5,7-8H2,(H,17,19)(H,15,16,18)/t11-/m0/s1. The number of nitrogens with zero attached hydrogens (tertiary/aromatic N) is 2. The monoisotopic (exact) mass is 272 g/mol. The second-order valence-electron chi connectivity index (χ2n) is 4.76. The van der Waals surface area contributed by atoms with Gasteiger partial charge in [-0.15, -0.1) is 0 Å². The Labute approximate surface area is 116 Å². The van der Waals surface area contributed by atoms with E-state index in [0.717, 1.165) is 24.2 Å². The molecular formula is C14H16N4O2. The highest BCUT2D eigenvalue weighted by molar-refractivity contribution is 5.78. The number of carbonyl (C=O) groups is 1. The molecule has 2 aromatic rings. The minimum absolute atomic E-state index is 0.0101. The van der Waals surface area contributed by atoms with Crippen molar-refractivity contribution in [3.63, 3.8) is 0 Å². The van der Waals surface area contributed by atoms with Crippen molar-refractivity contribution in [1.29, 1.82) is 0 Å². The number of H-pyrrole nitrogens is 1. The van der Waals surface area contributed by atoms with Crippen LogP contribution in [0.2, 0.25) is 0 Å². The van der Waals surface area contributed by atoms with Gasteiger partial charge < -0.3 is 10.1 Å². The molecule has 0 spiro atoms. The summed E-state index contributed by atoms with van der Waals surface area (Å²) in [6.45, 7) is 0.686. The van der Waals surface area contributed by atoms with E-state index in [2.05, 4.69) is 20.5 Å². The first kappa shape index (κ1) is 12.7. The van der Waals surface area contributed by atoms with Crippen molar-refractivity contribution in [2.75, 3.05) is 6.61 Å². The number of fused-ring (bicyclic) bond motifs is 1. The Morgan fingerprint density at radius 3 is 3.20 bits per heavy atom. The molecule has 0 unspecified atom stereocenters. The van der Waals surface area contributed by atoms with Crippen molar-refractivity contribution in [3.8, 4) is 5.75 Å². The zero-order valence-corrected chi connectivity index (χ0v) is 11.0. The van der Waals surface area contributed by atoms with Gasteiger partial charge in [0.25, 0.3) is 0 Å². The van der Waals surface area contributed by atoms with Gasteiger partial charge >= 0.3 is 0 Å². The second-order valence-corrected chi connectivity index (χ2v) is 4.76. The highest BCUT2D eigenvalue weighted by Crippen LogP contribution is 2.31. The molecule has 1 aliphatic rings. The van der Waals surface area contributed by atoms with Crippen LogP contribution in [0.15, 0.2) is 30.6 Å². The molecule has 2 N–H and O–H groups in total. The van der Waals surface area contributed by atoms with Gasteiger partial charge in [-0.05, 0) is 18.9 Å². The Kier molecular flexibility index (Phi) is 3.62. The number of ether oxygens (including phenoxy) is 1. The van der Waals surface area contributed by atoms with Gasteiger partial charge in [-0.1, -0.05) is 18.2 Å². The van der Waals surface area contributed by atoms with E-state index >= 15 is 0 Å². The lowest BCUT2D eigenvalue weighted by molar-refractivity contribution is -0.121. The lowest BCUT2D eigenvalue weighted by Gasteiger charge is -2.18. The van der Waals surface area contributed by atoms with E-state index in [1.807, 2.05) is 24.3 Å². The maximum absolute atomic E-state index is 12.1. The van der Waals surface area contributed by atoms with Gasteiger partial charge in [0.2, 0.25) is 5.91 Å². The van der Waals surface area contributed by atoms with Gasteiger partial charge in [0.15, 0.2) is 0 Å². The summed E-state index contributed by atoms with van der Waals surface area (Å²) < 4.78 is 5.69. The average molecular weight is 272 g/mol. The molecule has 1 aromatic carbocycles. The predicted molar refractivity (Wildman–Crippen MR) is 72.1 cm³/mol. The van der Waals surface area contributed by atoms with Crippen LogP contribution in [0.4, 0.5) is 0 Å². The first-order chi connectivity index (χ1) is 9.83. The molecule has 20 heavy (non-hydrogen) atoms. The molecule has 6 nitrogen and oxygen atoms in total. The predicted octanol–water partition coefficient (Wildman–Crippen LogP) is 1.38. The zero-order chi connectivity index (χ0) is 13.8. The van der Waals surface area contributed by atoms with Gasteiger partial charge in [-0.3, -0.25) is 9.89 Å². The summed E-state index contributed by atoms with van der Waals surface area (Å²) in [6.07, 6.45) is 3.40. The van der Waals surface area contributed by atoms with Crippen LogP contribution >= 0.6 is 0 Å². The number of hydrogen-bond acceptors (Lipinski definition) is 4. The summed E-state index contributed by atoms with van der Waals surface area (Å²) in [6, 6.07) is 7.83. The summed E-state index contributed by atoms with van der Waals surface area (Å²) in [4.78, 5) is 16.0. The Bertz CT molecular complexity index is 583. The second kappa shape index (κ2) is 5.73. The Hall–Kier alpha value is -2.37. The number of para-hydroxylation sites is 1. The molecule has 0 radical (unpaired) electrons. The minimum atomic E-state index is -0.0662. The Morgan fingerprint density at radius 2 is 2.35 bits per heavy atom. The van der Waals surface area contributed by atoms with Gasteiger partial charge in [-0.2, -0.15) is 5.10 Å². The maximum Gasteiger partial charge on any atom is 0.228 e. The third-order valence-electron chi connectivity index (χ3n) is 3.32. The Balaban J connectivity index is 1.72. The van der Waals surface area contributed by atoms with Gasteiger partial charge in [0.05, 0.1) is 19.1 Å². The summed E-state index contributed by atoms with van der Waals surface area (Å²) >= 11 is 0. The van der Waals surface area contributed by atoms with E-state index in [9.17, 15) is 4.79 Å². The molecule has 0 bridgehead atoms. The third kappa shape index (κ3) is 2.79. The number of nitrogens with one attached hydrogen (secondary N) is 2. The first-order valence-corrected chi connectivity index (χ1v) is 6.68. The van der Waals surface area contributed by atoms with Crippen LogP contribution in [0, 0.1) is 0 Å². The van der Waals surface area contributed by atoms with Gasteiger partial charge in [0.1, 0.15) is 17.9 Å². The number of carbonyl (C=O) groups excluding carboxylic acids is 1. The molecule has 0 fully saturated rings. The van der Waals surface area contributed by atoms with Crippen LogP contribution < -0.4 is 10.1 Å². The summed E-state index contributed by atoms with van der Waals surface area (Å²) in [5.41, 5.74) is 1.04. The third-order valence-corrected chi connectivity index (χ3v) is 3.32. The molecule has 0 saturated carbocycles. The smallest absolute Gasteiger partial charge is 0.228 e. The fraction of sp³-hybridized carbons (Fsp3) is 0.357. The molecular weight excluding hydrogens is 256 g/mol. The fourth-order valence-electron chi connectivity index (χ4n) is 2.39. The zero-order valence-electron chi connectivity index (χ0n) is 11.0. The van der Waals surface area contributed by atoms with Crippen LogP contribution in [-0.4, -0.2) is 27.7 Å². The van der Waals surface area contributed by atoms with Gasteiger partial charge in [0, 0.05) is 5.56 Å². The van der Waals surface area contributed by atoms with Crippen LogP contribution in [0.25, 0.3) is 0 Å². The molecule has 1 aromatic heterocycles. The fourth-order valence-corrected chi connectivity index (χ4v) is 2.39. The van der Waals surface area contributed by atoms with E-state index in [1.165, 1.54) is 6.33 Å². The molecule has 104 valence electrons. The van der Waals surface area contributed by atoms with E-state index in [-0.39, 0.29) is 18.4 Å². The quantitative estimate of drug-likeness (QED) is 0.884. The molecule has 1 aliphatic heterocycles. The van der Waals surface area contributed by atoms with Crippen molar-refractivity contribution in [3.05, 3.63) is 42.0 Å². The van der Waals surface area contributed by atoms with E-state index < -0.39 is 0 Å². The topological polar surface area (TPSA) is 79.9 Å². The molecule has 3 rings (SSSR count). The highest BCUT2D eigenvalue weighted by Gasteiger charge is 2.21. The van der Waals surface area contributed by atoms with Crippen molar-refractivity contribution in [2.45, 2.75) is 25.3 Å². The Morgan fingerprint density at radius 1 is 1.45 bits per heavy atom. The van der Waals surface area contributed by atoms with E-state index in [4.69, 9.17) is 4.74 Å². The SMILES string of the molecule is O=C(Cc1ncn[nH]1)N[C@H]1CCCOc2ccccc21. The summed E-state index contributed by atoms with van der Waals surface area (Å²) in [5.74, 6) is 1.36. The largest absolute Gasteiger partial charge is 0.493 e.